The molecule has 0 aliphatic heterocycles. The molecule has 0 aromatic heterocycles. The molecule has 8 rings (SSSR count). The molecule has 0 fully saturated rings. The predicted octanol–water partition coefficient (Wildman–Crippen LogP) is 9.69. The zero-order valence-corrected chi connectivity index (χ0v) is 22.7. The van der Waals surface area contributed by atoms with Crippen molar-refractivity contribution in [2.75, 3.05) is 0 Å². The molecule has 40 heavy (non-hydrogen) atoms. The van der Waals surface area contributed by atoms with E-state index >= 15 is 0 Å². The van der Waals surface area contributed by atoms with Crippen molar-refractivity contribution >= 4 is 18.6 Å². The molecule has 2 radical (unpaired) electrons. The van der Waals surface area contributed by atoms with Crippen LogP contribution in [0.25, 0.3) is 44.2 Å². The molecular weight excluding hydrogens is 479 g/mol. The first-order valence-corrected chi connectivity index (χ1v) is 14.2. The Bertz CT molecular complexity index is 1910. The van der Waals surface area contributed by atoms with Gasteiger partial charge in [0.15, 0.2) is 0 Å². The van der Waals surface area contributed by atoms with E-state index in [1.807, 2.05) is 0 Å². The molecule has 3 aliphatic carbocycles. The van der Waals surface area contributed by atoms with Gasteiger partial charge in [0.25, 0.3) is 0 Å². The Morgan fingerprint density at radius 3 is 1.88 bits per heavy atom. The van der Waals surface area contributed by atoms with Gasteiger partial charge in [-0.25, -0.2) is 0 Å². The van der Waals surface area contributed by atoms with Crippen LogP contribution in [0.4, 0.5) is 0 Å². The number of benzene rings is 5. The molecule has 0 bridgehead atoms. The maximum atomic E-state index is 6.76. The molecule has 0 saturated heterocycles. The third-order valence-corrected chi connectivity index (χ3v) is 9.58. The Hall–Kier alpha value is -4.36. The maximum absolute atomic E-state index is 6.76. The Morgan fingerprint density at radius 1 is 0.700 bits per heavy atom. The lowest BCUT2D eigenvalue weighted by atomic mass is 9.67. The van der Waals surface area contributed by atoms with E-state index < -0.39 is 0 Å². The first kappa shape index (κ1) is 23.5. The number of fused-ring (bicyclic) bond motifs is 5. The highest BCUT2D eigenvalue weighted by atomic mass is 14.7. The number of rotatable bonds is 5. The fourth-order valence-electron chi connectivity index (χ4n) is 8.06. The minimum Gasteiger partial charge on any atom is -0.103 e. The summed E-state index contributed by atoms with van der Waals surface area (Å²) in [5.74, 6) is 0. The Labute approximate surface area is 237 Å². The van der Waals surface area contributed by atoms with Crippen LogP contribution in [-0.4, -0.2) is 7.85 Å². The van der Waals surface area contributed by atoms with Crippen molar-refractivity contribution in [3.05, 3.63) is 156 Å². The van der Waals surface area contributed by atoms with Crippen molar-refractivity contribution in [3.8, 4) is 33.4 Å². The third kappa shape index (κ3) is 2.93. The smallest absolute Gasteiger partial charge is 0.103 e. The zero-order valence-electron chi connectivity index (χ0n) is 22.7. The van der Waals surface area contributed by atoms with Gasteiger partial charge in [-0.15, -0.1) is 6.58 Å². The van der Waals surface area contributed by atoms with Gasteiger partial charge in [0, 0.05) is 10.8 Å². The van der Waals surface area contributed by atoms with Crippen LogP contribution in [0, 0.1) is 0 Å². The molecule has 2 unspecified atom stereocenters. The highest BCUT2D eigenvalue weighted by Crippen LogP contribution is 2.77. The van der Waals surface area contributed by atoms with Gasteiger partial charge in [0.1, 0.15) is 7.85 Å². The summed E-state index contributed by atoms with van der Waals surface area (Å²) in [7, 11) is 6.76. The highest BCUT2D eigenvalue weighted by molar-refractivity contribution is 6.27. The Morgan fingerprint density at radius 2 is 1.27 bits per heavy atom. The van der Waals surface area contributed by atoms with Crippen molar-refractivity contribution < 1.29 is 0 Å². The van der Waals surface area contributed by atoms with Gasteiger partial charge in [0.05, 0.1) is 0 Å². The van der Waals surface area contributed by atoms with Gasteiger partial charge in [-0.1, -0.05) is 128 Å². The first-order chi connectivity index (χ1) is 19.6. The van der Waals surface area contributed by atoms with Gasteiger partial charge < -0.3 is 0 Å². The zero-order chi connectivity index (χ0) is 27.1. The molecule has 0 nitrogen and oxygen atoms in total. The molecule has 0 N–H and O–H groups in total. The summed E-state index contributed by atoms with van der Waals surface area (Å²) in [5, 5.41) is 2.61. The topological polar surface area (TPSA) is 0 Å². The van der Waals surface area contributed by atoms with E-state index in [2.05, 4.69) is 135 Å². The summed E-state index contributed by atoms with van der Waals surface area (Å²) >= 11 is 0. The van der Waals surface area contributed by atoms with Crippen molar-refractivity contribution in [1.29, 1.82) is 0 Å². The largest absolute Gasteiger partial charge is 0.113 e. The molecule has 0 amide bonds. The average molecular weight is 508 g/mol. The fourth-order valence-corrected chi connectivity index (χ4v) is 8.06. The number of hydrogen-bond donors (Lipinski definition) is 0. The Balaban J connectivity index is 1.59. The van der Waals surface area contributed by atoms with E-state index in [4.69, 9.17) is 7.85 Å². The summed E-state index contributed by atoms with van der Waals surface area (Å²) in [6.07, 6.45) is 6.16. The monoisotopic (exact) mass is 508 g/mol. The second-order valence-electron chi connectivity index (χ2n) is 11.7. The molecule has 2 atom stereocenters. The molecule has 0 heterocycles. The molecule has 5 aromatic rings. The molecule has 5 aromatic carbocycles. The van der Waals surface area contributed by atoms with Crippen LogP contribution >= 0.6 is 0 Å². The van der Waals surface area contributed by atoms with E-state index in [0.717, 1.165) is 18.3 Å². The van der Waals surface area contributed by atoms with Gasteiger partial charge >= 0.3 is 0 Å². The Kier molecular flexibility index (Phi) is 4.89. The van der Waals surface area contributed by atoms with Gasteiger partial charge in [0.2, 0.25) is 0 Å². The third-order valence-electron chi connectivity index (χ3n) is 9.58. The molecule has 1 heteroatoms. The van der Waals surface area contributed by atoms with E-state index in [9.17, 15) is 0 Å². The average Bonchev–Trinajstić information content (AvgIpc) is 3.64. The van der Waals surface area contributed by atoms with Crippen LogP contribution in [0.3, 0.4) is 0 Å². The van der Waals surface area contributed by atoms with Crippen molar-refractivity contribution in [3.63, 3.8) is 0 Å². The molecule has 3 aliphatic rings. The van der Waals surface area contributed by atoms with Crippen LogP contribution in [0.1, 0.15) is 30.9 Å². The summed E-state index contributed by atoms with van der Waals surface area (Å²) in [5.41, 5.74) is 14.2. The van der Waals surface area contributed by atoms with Crippen LogP contribution < -0.4 is 0 Å². The van der Waals surface area contributed by atoms with Crippen LogP contribution in [0.5, 0.6) is 0 Å². The quantitative estimate of drug-likeness (QED) is 0.164. The SMILES string of the molecule is [B]C1=CCC2(C)C3=C1C3(CC=C)c1c2c(-c2ccccc2)c2ccc(-c3ccccc3)cc2c1-c1ccccc1. The molecule has 0 saturated carbocycles. The molecule has 0 spiro atoms. The van der Waals surface area contributed by atoms with Crippen molar-refractivity contribution in [2.24, 2.45) is 0 Å². The normalized spacial score (nSPS) is 22.1. The summed E-state index contributed by atoms with van der Waals surface area (Å²) in [6.45, 7) is 6.69. The first-order valence-electron chi connectivity index (χ1n) is 14.2. The highest BCUT2D eigenvalue weighted by Gasteiger charge is 2.68. The molecular formula is C39H29B. The second kappa shape index (κ2) is 8.32. The minimum absolute atomic E-state index is 0.0997. The fraction of sp³-hybridized carbons (Fsp3) is 0.128. The van der Waals surface area contributed by atoms with Crippen molar-refractivity contribution in [2.45, 2.75) is 30.6 Å². The standard InChI is InChI=1S/C39H29B/c1-3-22-39-34-31(40)21-23-38(2,37(34)39)35-32(26-15-9-5-10-16-26)29-20-19-28(25-13-7-4-8-14-25)24-30(29)33(36(35)39)27-17-11-6-12-18-27/h3-21,24H,1,22-23H2,2H3. The van der Waals surface area contributed by atoms with E-state index in [1.165, 1.54) is 66.4 Å². The van der Waals surface area contributed by atoms with Crippen LogP contribution in [-0.2, 0) is 10.8 Å². The van der Waals surface area contributed by atoms with E-state index in [1.54, 1.807) is 0 Å². The minimum atomic E-state index is -0.186. The van der Waals surface area contributed by atoms with Gasteiger partial charge in [-0.05, 0) is 85.3 Å². The van der Waals surface area contributed by atoms with E-state index in [-0.39, 0.29) is 10.8 Å². The van der Waals surface area contributed by atoms with Gasteiger partial charge in [-0.2, -0.15) is 0 Å². The van der Waals surface area contributed by atoms with Crippen LogP contribution in [0.15, 0.2) is 145 Å². The predicted molar refractivity (Wildman–Crippen MR) is 170 cm³/mol. The lowest BCUT2D eigenvalue weighted by Crippen LogP contribution is -2.22. The summed E-state index contributed by atoms with van der Waals surface area (Å²) < 4.78 is 0. The lowest BCUT2D eigenvalue weighted by Gasteiger charge is -2.33. The van der Waals surface area contributed by atoms with Gasteiger partial charge in [-0.3, -0.25) is 0 Å². The second-order valence-corrected chi connectivity index (χ2v) is 11.7. The van der Waals surface area contributed by atoms with E-state index in [0.29, 0.717) is 0 Å². The maximum Gasteiger partial charge on any atom is 0.113 e. The summed E-state index contributed by atoms with van der Waals surface area (Å²) in [6, 6.07) is 39.8. The number of allylic oxidation sites excluding steroid dienone is 5. The van der Waals surface area contributed by atoms with Crippen LogP contribution in [0.2, 0.25) is 0 Å². The number of hydrogen-bond acceptors (Lipinski definition) is 0. The summed E-state index contributed by atoms with van der Waals surface area (Å²) in [4.78, 5) is 0. The van der Waals surface area contributed by atoms with Crippen molar-refractivity contribution in [1.82, 2.24) is 0 Å². The lowest BCUT2D eigenvalue weighted by molar-refractivity contribution is 0.584. The molecule has 188 valence electrons.